The van der Waals surface area contributed by atoms with Gasteiger partial charge in [-0.3, -0.25) is 0 Å². The summed E-state index contributed by atoms with van der Waals surface area (Å²) in [4.78, 5) is 0. The fourth-order valence-corrected chi connectivity index (χ4v) is 2.04. The van der Waals surface area contributed by atoms with Crippen LogP contribution in [0.5, 0.6) is 0 Å². The van der Waals surface area contributed by atoms with Crippen molar-refractivity contribution in [3.63, 3.8) is 0 Å². The third-order valence-corrected chi connectivity index (χ3v) is 2.98. The molecule has 18 heavy (non-hydrogen) atoms. The molecular weight excluding hydrogens is 230 g/mol. The SMILES string of the molecule is Fc1ccc(-c2ccc3ccc(F)cc3c2)cc1. The molecule has 0 aromatic heterocycles. The van der Waals surface area contributed by atoms with E-state index in [1.54, 1.807) is 18.2 Å². The van der Waals surface area contributed by atoms with E-state index in [1.165, 1.54) is 24.3 Å². The van der Waals surface area contributed by atoms with Crippen molar-refractivity contribution in [2.45, 2.75) is 0 Å². The van der Waals surface area contributed by atoms with Crippen LogP contribution in [-0.4, -0.2) is 0 Å². The van der Waals surface area contributed by atoms with Gasteiger partial charge in [-0.1, -0.05) is 30.3 Å². The van der Waals surface area contributed by atoms with Crippen LogP contribution >= 0.6 is 0 Å². The van der Waals surface area contributed by atoms with Gasteiger partial charge in [-0.05, 0) is 52.2 Å². The van der Waals surface area contributed by atoms with E-state index >= 15 is 0 Å². The van der Waals surface area contributed by atoms with Gasteiger partial charge in [0.1, 0.15) is 11.6 Å². The van der Waals surface area contributed by atoms with E-state index in [4.69, 9.17) is 0 Å². The predicted molar refractivity (Wildman–Crippen MR) is 69.3 cm³/mol. The van der Waals surface area contributed by atoms with Crippen LogP contribution in [0.4, 0.5) is 8.78 Å². The van der Waals surface area contributed by atoms with Gasteiger partial charge in [0.05, 0.1) is 0 Å². The van der Waals surface area contributed by atoms with Crippen LogP contribution < -0.4 is 0 Å². The van der Waals surface area contributed by atoms with Crippen molar-refractivity contribution in [1.29, 1.82) is 0 Å². The Morgan fingerprint density at radius 2 is 1.11 bits per heavy atom. The smallest absolute Gasteiger partial charge is 0.123 e. The Morgan fingerprint density at radius 3 is 1.89 bits per heavy atom. The highest BCUT2D eigenvalue weighted by molar-refractivity contribution is 5.87. The maximum atomic E-state index is 13.2. The Hall–Kier alpha value is -2.22. The van der Waals surface area contributed by atoms with Gasteiger partial charge >= 0.3 is 0 Å². The maximum Gasteiger partial charge on any atom is 0.123 e. The summed E-state index contributed by atoms with van der Waals surface area (Å²) in [6.45, 7) is 0. The van der Waals surface area contributed by atoms with Crippen molar-refractivity contribution in [1.82, 2.24) is 0 Å². The van der Waals surface area contributed by atoms with E-state index in [1.807, 2.05) is 18.2 Å². The summed E-state index contributed by atoms with van der Waals surface area (Å²) in [6, 6.07) is 16.8. The first-order valence-corrected chi connectivity index (χ1v) is 5.68. The number of hydrogen-bond donors (Lipinski definition) is 0. The third-order valence-electron chi connectivity index (χ3n) is 2.98. The van der Waals surface area contributed by atoms with Gasteiger partial charge in [-0.2, -0.15) is 0 Å². The van der Waals surface area contributed by atoms with Crippen LogP contribution in [0.15, 0.2) is 60.7 Å². The van der Waals surface area contributed by atoms with E-state index in [2.05, 4.69) is 0 Å². The lowest BCUT2D eigenvalue weighted by Gasteiger charge is -2.04. The average molecular weight is 240 g/mol. The maximum absolute atomic E-state index is 13.2. The molecule has 3 rings (SSSR count). The summed E-state index contributed by atoms with van der Waals surface area (Å²) in [5.74, 6) is -0.510. The first-order valence-electron chi connectivity index (χ1n) is 5.68. The molecule has 0 aliphatic carbocycles. The Morgan fingerprint density at radius 1 is 0.500 bits per heavy atom. The van der Waals surface area contributed by atoms with Gasteiger partial charge in [0.15, 0.2) is 0 Å². The molecule has 0 unspecified atom stereocenters. The van der Waals surface area contributed by atoms with Gasteiger partial charge in [0.2, 0.25) is 0 Å². The molecule has 3 aromatic carbocycles. The quantitative estimate of drug-likeness (QED) is 0.574. The number of rotatable bonds is 1. The van der Waals surface area contributed by atoms with E-state index in [0.29, 0.717) is 0 Å². The fourth-order valence-electron chi connectivity index (χ4n) is 2.04. The van der Waals surface area contributed by atoms with Gasteiger partial charge in [0.25, 0.3) is 0 Å². The molecule has 0 heterocycles. The first kappa shape index (κ1) is 10.9. The van der Waals surface area contributed by atoms with Crippen LogP contribution in [0.25, 0.3) is 21.9 Å². The van der Waals surface area contributed by atoms with E-state index in [-0.39, 0.29) is 11.6 Å². The average Bonchev–Trinajstić information content (AvgIpc) is 2.38. The van der Waals surface area contributed by atoms with Crippen molar-refractivity contribution in [3.8, 4) is 11.1 Å². The molecule has 0 spiro atoms. The number of halogens is 2. The largest absolute Gasteiger partial charge is 0.207 e. The summed E-state index contributed by atoms with van der Waals surface area (Å²) >= 11 is 0. The molecule has 2 heteroatoms. The Bertz CT molecular complexity index is 700. The van der Waals surface area contributed by atoms with Crippen molar-refractivity contribution in [2.75, 3.05) is 0 Å². The summed E-state index contributed by atoms with van der Waals surface area (Å²) in [5.41, 5.74) is 1.87. The zero-order chi connectivity index (χ0) is 12.5. The van der Waals surface area contributed by atoms with Crippen molar-refractivity contribution < 1.29 is 8.78 Å². The highest BCUT2D eigenvalue weighted by Gasteiger charge is 2.01. The van der Waals surface area contributed by atoms with Gasteiger partial charge in [0, 0.05) is 0 Å². The van der Waals surface area contributed by atoms with Crippen molar-refractivity contribution in [2.24, 2.45) is 0 Å². The zero-order valence-electron chi connectivity index (χ0n) is 9.53. The molecule has 0 atom stereocenters. The number of fused-ring (bicyclic) bond motifs is 1. The highest BCUT2D eigenvalue weighted by atomic mass is 19.1. The molecule has 0 bridgehead atoms. The number of hydrogen-bond acceptors (Lipinski definition) is 0. The highest BCUT2D eigenvalue weighted by Crippen LogP contribution is 2.25. The van der Waals surface area contributed by atoms with Gasteiger partial charge < -0.3 is 0 Å². The summed E-state index contributed by atoms with van der Waals surface area (Å²) in [7, 11) is 0. The molecule has 0 aliphatic rings. The minimum atomic E-state index is -0.259. The standard InChI is InChI=1S/C16H10F2/c17-15-6-3-11(4-7-15)13-2-1-12-5-8-16(18)10-14(12)9-13/h1-10H. The van der Waals surface area contributed by atoms with E-state index in [0.717, 1.165) is 21.9 Å². The number of benzene rings is 3. The molecular formula is C16H10F2. The predicted octanol–water partition coefficient (Wildman–Crippen LogP) is 4.79. The Labute approximate surface area is 104 Å². The molecule has 3 aromatic rings. The summed E-state index contributed by atoms with van der Waals surface area (Å²) in [6.07, 6.45) is 0. The normalized spacial score (nSPS) is 10.8. The Kier molecular flexibility index (Phi) is 2.56. The third kappa shape index (κ3) is 1.97. The van der Waals surface area contributed by atoms with Crippen molar-refractivity contribution in [3.05, 3.63) is 72.3 Å². The van der Waals surface area contributed by atoms with Crippen LogP contribution in [0.3, 0.4) is 0 Å². The van der Waals surface area contributed by atoms with Crippen LogP contribution in [0, 0.1) is 11.6 Å². The van der Waals surface area contributed by atoms with E-state index in [9.17, 15) is 8.78 Å². The lowest BCUT2D eigenvalue weighted by Crippen LogP contribution is -1.81. The molecule has 0 amide bonds. The monoisotopic (exact) mass is 240 g/mol. The molecule has 0 saturated heterocycles. The van der Waals surface area contributed by atoms with Crippen LogP contribution in [0.2, 0.25) is 0 Å². The Balaban J connectivity index is 2.15. The molecule has 0 radical (unpaired) electrons. The van der Waals surface area contributed by atoms with Gasteiger partial charge in [-0.15, -0.1) is 0 Å². The lowest BCUT2D eigenvalue weighted by molar-refractivity contribution is 0.628. The van der Waals surface area contributed by atoms with E-state index < -0.39 is 0 Å². The van der Waals surface area contributed by atoms with Crippen molar-refractivity contribution >= 4 is 10.8 Å². The minimum absolute atomic E-state index is 0.251. The second-order valence-corrected chi connectivity index (χ2v) is 4.21. The summed E-state index contributed by atoms with van der Waals surface area (Å²) in [5, 5.41) is 1.83. The topological polar surface area (TPSA) is 0 Å². The zero-order valence-corrected chi connectivity index (χ0v) is 9.53. The van der Waals surface area contributed by atoms with Crippen LogP contribution in [0.1, 0.15) is 0 Å². The first-order chi connectivity index (χ1) is 8.72. The molecule has 0 nitrogen and oxygen atoms in total. The van der Waals surface area contributed by atoms with Crippen LogP contribution in [-0.2, 0) is 0 Å². The molecule has 0 aliphatic heterocycles. The lowest BCUT2D eigenvalue weighted by atomic mass is 10.0. The molecule has 0 saturated carbocycles. The second-order valence-electron chi connectivity index (χ2n) is 4.21. The summed E-state index contributed by atoms with van der Waals surface area (Å²) < 4.78 is 26.0. The second kappa shape index (κ2) is 4.22. The fraction of sp³-hybridized carbons (Fsp3) is 0. The molecule has 0 N–H and O–H groups in total. The molecule has 88 valence electrons. The minimum Gasteiger partial charge on any atom is -0.207 e. The molecule has 0 fully saturated rings. The van der Waals surface area contributed by atoms with Gasteiger partial charge in [-0.25, -0.2) is 8.78 Å².